The number of carbonyl (C=O) groups excluding carboxylic acids is 3. The SMILES string of the molecule is O=C(NN1C(=O)[C@H]2[C@H](C1=O)[C@@H]1c3ccccc3[C@@H]2[C@H]2C=CC=C[C@@H]21)c1ccncc1. The molecule has 0 spiro atoms. The van der Waals surface area contributed by atoms with E-state index < -0.39 is 17.7 Å². The first kappa shape index (κ1) is 17.3. The number of aromatic nitrogens is 1. The maximum absolute atomic E-state index is 13.4. The quantitative estimate of drug-likeness (QED) is 0.790. The van der Waals surface area contributed by atoms with Crippen LogP contribution in [0, 0.1) is 23.7 Å². The van der Waals surface area contributed by atoms with Gasteiger partial charge >= 0.3 is 0 Å². The van der Waals surface area contributed by atoms with E-state index in [0.29, 0.717) is 5.56 Å². The Morgan fingerprint density at radius 1 is 0.800 bits per heavy atom. The van der Waals surface area contributed by atoms with Crippen LogP contribution in [-0.2, 0) is 9.59 Å². The molecular weight excluding hydrogens is 378 g/mol. The molecule has 4 aliphatic carbocycles. The van der Waals surface area contributed by atoms with Gasteiger partial charge in [-0.25, -0.2) is 0 Å². The van der Waals surface area contributed by atoms with E-state index in [1.807, 2.05) is 24.3 Å². The van der Waals surface area contributed by atoms with Crippen LogP contribution in [0.3, 0.4) is 0 Å². The van der Waals surface area contributed by atoms with Crippen molar-refractivity contribution in [2.75, 3.05) is 0 Å². The first-order chi connectivity index (χ1) is 14.7. The summed E-state index contributed by atoms with van der Waals surface area (Å²) < 4.78 is 0. The van der Waals surface area contributed by atoms with Crippen LogP contribution >= 0.6 is 0 Å². The number of hydrogen-bond acceptors (Lipinski definition) is 4. The molecule has 148 valence electrons. The smallest absolute Gasteiger partial charge is 0.270 e. The number of hydrogen-bond donors (Lipinski definition) is 1. The van der Waals surface area contributed by atoms with Crippen molar-refractivity contribution < 1.29 is 14.4 Å². The fraction of sp³-hybridized carbons (Fsp3) is 0.250. The van der Waals surface area contributed by atoms with Crippen molar-refractivity contribution in [3.05, 3.63) is 89.8 Å². The first-order valence-electron chi connectivity index (χ1n) is 10.2. The molecule has 3 amide bonds. The summed E-state index contributed by atoms with van der Waals surface area (Å²) in [6.07, 6.45) is 11.4. The van der Waals surface area contributed by atoms with E-state index in [9.17, 15) is 14.4 Å². The van der Waals surface area contributed by atoms with Gasteiger partial charge in [-0.05, 0) is 35.1 Å². The largest absolute Gasteiger partial charge is 0.272 e. The average molecular weight is 397 g/mol. The van der Waals surface area contributed by atoms with Crippen LogP contribution < -0.4 is 5.43 Å². The summed E-state index contributed by atoms with van der Waals surface area (Å²) in [5.74, 6) is -1.77. The number of allylic oxidation sites excluding steroid dienone is 4. The monoisotopic (exact) mass is 397 g/mol. The van der Waals surface area contributed by atoms with E-state index in [-0.39, 0.29) is 35.5 Å². The number of imide groups is 1. The molecule has 6 heteroatoms. The van der Waals surface area contributed by atoms with E-state index in [1.54, 1.807) is 12.1 Å². The van der Waals surface area contributed by atoms with Gasteiger partial charge in [0.05, 0.1) is 11.8 Å². The van der Waals surface area contributed by atoms with E-state index in [1.165, 1.54) is 12.4 Å². The number of hydrazine groups is 1. The molecule has 0 radical (unpaired) electrons. The zero-order valence-electron chi connectivity index (χ0n) is 16.0. The molecule has 0 unspecified atom stereocenters. The average Bonchev–Trinajstić information content (AvgIpc) is 3.05. The summed E-state index contributed by atoms with van der Waals surface area (Å²) in [6.45, 7) is 0. The fourth-order valence-corrected chi connectivity index (χ4v) is 6.01. The third-order valence-corrected chi connectivity index (χ3v) is 7.09. The van der Waals surface area contributed by atoms with Gasteiger partial charge in [0, 0.05) is 29.8 Å². The van der Waals surface area contributed by atoms with Crippen molar-refractivity contribution in [2.24, 2.45) is 23.7 Å². The lowest BCUT2D eigenvalue weighted by Gasteiger charge is -2.53. The molecule has 2 fully saturated rings. The molecule has 5 aliphatic rings. The Morgan fingerprint density at radius 2 is 1.33 bits per heavy atom. The predicted molar refractivity (Wildman–Crippen MR) is 108 cm³/mol. The molecule has 6 nitrogen and oxygen atoms in total. The summed E-state index contributed by atoms with van der Waals surface area (Å²) in [6, 6.07) is 11.3. The normalized spacial score (nSPS) is 32.6. The van der Waals surface area contributed by atoms with Crippen LogP contribution in [0.1, 0.15) is 33.3 Å². The number of rotatable bonds is 2. The van der Waals surface area contributed by atoms with Crippen molar-refractivity contribution in [3.63, 3.8) is 0 Å². The molecule has 6 atom stereocenters. The molecule has 2 aromatic rings. The van der Waals surface area contributed by atoms with Crippen molar-refractivity contribution in [2.45, 2.75) is 11.8 Å². The Labute approximate surface area is 173 Å². The second-order valence-electron chi connectivity index (χ2n) is 8.35. The van der Waals surface area contributed by atoms with E-state index in [2.05, 4.69) is 34.7 Å². The lowest BCUT2D eigenvalue weighted by Crippen LogP contribution is -2.49. The highest BCUT2D eigenvalue weighted by molar-refractivity contribution is 6.09. The van der Waals surface area contributed by atoms with Gasteiger partial charge < -0.3 is 0 Å². The van der Waals surface area contributed by atoms with Crippen molar-refractivity contribution in [1.82, 2.24) is 15.4 Å². The Kier molecular flexibility index (Phi) is 3.60. The van der Waals surface area contributed by atoms with Gasteiger partial charge in [0.25, 0.3) is 17.7 Å². The predicted octanol–water partition coefficient (Wildman–Crippen LogP) is 2.58. The lowest BCUT2D eigenvalue weighted by atomic mass is 9.48. The van der Waals surface area contributed by atoms with Gasteiger partial charge in [-0.2, -0.15) is 5.01 Å². The van der Waals surface area contributed by atoms with Crippen molar-refractivity contribution in [1.29, 1.82) is 0 Å². The molecule has 2 heterocycles. The maximum Gasteiger partial charge on any atom is 0.270 e. The van der Waals surface area contributed by atoms with Gasteiger partial charge in [0.1, 0.15) is 0 Å². The lowest BCUT2D eigenvalue weighted by molar-refractivity contribution is -0.142. The Balaban J connectivity index is 1.41. The standard InChI is InChI=1S/C24H19N3O3/c28-22(13-9-11-25-12-10-13)26-27-23(29)20-18-14-5-1-2-6-15(14)19(21(20)24(27)30)17-8-4-3-7-16(17)18/h1-12,14-15,18-21H,(H,26,28)/t14-,15-,18-,19-,20+,21+/m0/s1. The van der Waals surface area contributed by atoms with E-state index in [4.69, 9.17) is 0 Å². The van der Waals surface area contributed by atoms with Crippen LogP contribution in [0.15, 0.2) is 73.1 Å². The molecule has 1 saturated heterocycles. The third kappa shape index (κ3) is 2.19. The Bertz CT molecular complexity index is 1080. The summed E-state index contributed by atoms with van der Waals surface area (Å²) in [7, 11) is 0. The molecule has 1 aliphatic heterocycles. The molecule has 1 aromatic carbocycles. The second-order valence-corrected chi connectivity index (χ2v) is 8.35. The molecule has 2 bridgehead atoms. The molecule has 7 rings (SSSR count). The molecule has 1 saturated carbocycles. The minimum absolute atomic E-state index is 0.0679. The van der Waals surface area contributed by atoms with Crippen LogP contribution in [0.4, 0.5) is 0 Å². The Hall–Kier alpha value is -3.54. The van der Waals surface area contributed by atoms with Crippen LogP contribution in [0.25, 0.3) is 0 Å². The maximum atomic E-state index is 13.4. The van der Waals surface area contributed by atoms with E-state index in [0.717, 1.165) is 16.1 Å². The van der Waals surface area contributed by atoms with Crippen LogP contribution in [0.5, 0.6) is 0 Å². The number of nitrogens with one attached hydrogen (secondary N) is 1. The van der Waals surface area contributed by atoms with Gasteiger partial charge in [-0.1, -0.05) is 48.6 Å². The minimum atomic E-state index is -0.486. The third-order valence-electron chi connectivity index (χ3n) is 7.09. The number of nitrogens with zero attached hydrogens (tertiary/aromatic N) is 2. The molecule has 1 aromatic heterocycles. The summed E-state index contributed by atoms with van der Waals surface area (Å²) in [5, 5.41) is 0.967. The van der Waals surface area contributed by atoms with Crippen molar-refractivity contribution >= 4 is 17.7 Å². The van der Waals surface area contributed by atoms with Gasteiger partial charge in [0.2, 0.25) is 0 Å². The van der Waals surface area contributed by atoms with E-state index >= 15 is 0 Å². The minimum Gasteiger partial charge on any atom is -0.272 e. The number of benzene rings is 1. The summed E-state index contributed by atoms with van der Waals surface area (Å²) in [5.41, 5.74) is 5.23. The zero-order chi connectivity index (χ0) is 20.4. The Morgan fingerprint density at radius 3 is 1.87 bits per heavy atom. The number of amides is 3. The molecule has 1 N–H and O–H groups in total. The highest BCUT2D eigenvalue weighted by Gasteiger charge is 2.65. The first-order valence-corrected chi connectivity index (χ1v) is 10.2. The molecule has 30 heavy (non-hydrogen) atoms. The van der Waals surface area contributed by atoms with Crippen molar-refractivity contribution in [3.8, 4) is 0 Å². The van der Waals surface area contributed by atoms with Gasteiger partial charge in [0.15, 0.2) is 0 Å². The summed E-state index contributed by atoms with van der Waals surface area (Å²) >= 11 is 0. The van der Waals surface area contributed by atoms with Gasteiger partial charge in [-0.15, -0.1) is 0 Å². The molecular formula is C24H19N3O3. The van der Waals surface area contributed by atoms with Crippen LogP contribution in [-0.4, -0.2) is 27.7 Å². The topological polar surface area (TPSA) is 79.4 Å². The highest BCUT2D eigenvalue weighted by Crippen LogP contribution is 2.64. The second kappa shape index (κ2) is 6.23. The summed E-state index contributed by atoms with van der Waals surface area (Å²) in [4.78, 5) is 43.4. The van der Waals surface area contributed by atoms with Crippen LogP contribution in [0.2, 0.25) is 0 Å². The zero-order valence-corrected chi connectivity index (χ0v) is 16.0. The highest BCUT2D eigenvalue weighted by atomic mass is 16.2. The fourth-order valence-electron chi connectivity index (χ4n) is 6.01. The van der Waals surface area contributed by atoms with Gasteiger partial charge in [-0.3, -0.25) is 24.8 Å². The number of carbonyl (C=O) groups is 3. The number of pyridine rings is 1.